The molecule has 0 fully saturated rings. The molecule has 0 aliphatic heterocycles. The predicted octanol–water partition coefficient (Wildman–Crippen LogP) is 0.115. The van der Waals surface area contributed by atoms with Gasteiger partial charge < -0.3 is 4.55 Å². The zero-order valence-electron chi connectivity index (χ0n) is 9.73. The number of hydrogen-bond acceptors (Lipinski definition) is 5. The number of aromatic nitrogens is 3. The first-order valence-electron chi connectivity index (χ1n) is 5.34. The monoisotopic (exact) mass is 283 g/mol. The van der Waals surface area contributed by atoms with Crippen LogP contribution >= 0.6 is 0 Å². The van der Waals surface area contributed by atoms with Crippen LogP contribution in [0.25, 0.3) is 11.3 Å². The van der Waals surface area contributed by atoms with Crippen LogP contribution in [0.3, 0.4) is 0 Å². The first kappa shape index (κ1) is 13.5. The number of pyridine rings is 1. The third-order valence-corrected chi connectivity index (χ3v) is 3.11. The van der Waals surface area contributed by atoms with E-state index in [1.54, 1.807) is 6.07 Å². The van der Waals surface area contributed by atoms with Gasteiger partial charge in [0, 0.05) is 17.8 Å². The van der Waals surface area contributed by atoms with E-state index in [1.807, 2.05) is 0 Å². The third-order valence-electron chi connectivity index (χ3n) is 2.43. The molecule has 2 rings (SSSR count). The van der Waals surface area contributed by atoms with E-state index < -0.39 is 21.7 Å². The Morgan fingerprint density at radius 3 is 2.74 bits per heavy atom. The lowest BCUT2D eigenvalue weighted by atomic mass is 10.2. The SMILES string of the molecule is O=S(=O)([O-])CC[n+]1ccc(-c2ccncn2)c(F)c1. The van der Waals surface area contributed by atoms with Gasteiger partial charge in [-0.15, -0.1) is 0 Å². The molecule has 0 aliphatic carbocycles. The van der Waals surface area contributed by atoms with Crippen LogP contribution in [0, 0.1) is 5.82 Å². The third kappa shape index (κ3) is 3.76. The van der Waals surface area contributed by atoms with Gasteiger partial charge in [-0.05, 0) is 6.07 Å². The summed E-state index contributed by atoms with van der Waals surface area (Å²) in [5, 5.41) is 0. The topological polar surface area (TPSA) is 86.9 Å². The molecule has 2 aromatic heterocycles. The molecule has 8 heteroatoms. The first-order chi connectivity index (χ1) is 8.96. The van der Waals surface area contributed by atoms with Crippen molar-refractivity contribution in [2.75, 3.05) is 5.75 Å². The van der Waals surface area contributed by atoms with Crippen LogP contribution in [0.2, 0.25) is 0 Å². The highest BCUT2D eigenvalue weighted by Crippen LogP contribution is 2.17. The van der Waals surface area contributed by atoms with Gasteiger partial charge in [-0.2, -0.15) is 4.39 Å². The van der Waals surface area contributed by atoms with Crippen molar-refractivity contribution in [2.45, 2.75) is 6.54 Å². The van der Waals surface area contributed by atoms with E-state index in [-0.39, 0.29) is 12.1 Å². The zero-order chi connectivity index (χ0) is 13.9. The number of aryl methyl sites for hydroxylation is 1. The first-order valence-corrected chi connectivity index (χ1v) is 6.92. The van der Waals surface area contributed by atoms with Crippen molar-refractivity contribution in [1.29, 1.82) is 0 Å². The minimum Gasteiger partial charge on any atom is -0.748 e. The van der Waals surface area contributed by atoms with Crippen molar-refractivity contribution in [3.05, 3.63) is 42.9 Å². The molecular weight excluding hydrogens is 273 g/mol. The summed E-state index contributed by atoms with van der Waals surface area (Å²) in [6.07, 6.45) is 5.42. The van der Waals surface area contributed by atoms with E-state index in [1.165, 1.54) is 29.4 Å². The largest absolute Gasteiger partial charge is 0.748 e. The van der Waals surface area contributed by atoms with Crippen molar-refractivity contribution in [2.24, 2.45) is 0 Å². The predicted molar refractivity (Wildman–Crippen MR) is 62.2 cm³/mol. The fraction of sp³-hybridized carbons (Fsp3) is 0.182. The minimum absolute atomic E-state index is 0.0905. The van der Waals surface area contributed by atoms with Crippen molar-refractivity contribution in [3.63, 3.8) is 0 Å². The van der Waals surface area contributed by atoms with Crippen LogP contribution in [0.4, 0.5) is 4.39 Å². The van der Waals surface area contributed by atoms with Crippen LogP contribution in [0.1, 0.15) is 0 Å². The van der Waals surface area contributed by atoms with Crippen LogP contribution in [0.5, 0.6) is 0 Å². The van der Waals surface area contributed by atoms with Gasteiger partial charge in [0.15, 0.2) is 18.6 Å². The second kappa shape index (κ2) is 5.37. The lowest BCUT2D eigenvalue weighted by molar-refractivity contribution is -0.693. The van der Waals surface area contributed by atoms with E-state index in [0.717, 1.165) is 6.20 Å². The standard InChI is InChI=1S/C11H10FN3O3S/c12-10-7-15(5-6-19(16,17)18)4-2-9(10)11-1-3-13-8-14-11/h1-4,7-8H,5-6H2. The van der Waals surface area contributed by atoms with Crippen LogP contribution < -0.4 is 4.57 Å². The Kier molecular flexibility index (Phi) is 3.82. The van der Waals surface area contributed by atoms with E-state index in [0.29, 0.717) is 5.69 Å². The fourth-order valence-corrected chi connectivity index (χ4v) is 1.96. The summed E-state index contributed by atoms with van der Waals surface area (Å²) >= 11 is 0. The molecule has 0 saturated carbocycles. The minimum atomic E-state index is -4.31. The number of nitrogens with zero attached hydrogens (tertiary/aromatic N) is 3. The second-order valence-electron chi connectivity index (χ2n) is 3.80. The zero-order valence-corrected chi connectivity index (χ0v) is 10.5. The van der Waals surface area contributed by atoms with Crippen molar-refractivity contribution >= 4 is 10.1 Å². The lowest BCUT2D eigenvalue weighted by Crippen LogP contribution is -2.37. The molecule has 0 unspecified atom stereocenters. The molecule has 2 heterocycles. The number of hydrogen-bond donors (Lipinski definition) is 0. The average molecular weight is 283 g/mol. The molecule has 0 bridgehead atoms. The summed E-state index contributed by atoms with van der Waals surface area (Å²) in [6, 6.07) is 3.03. The summed E-state index contributed by atoms with van der Waals surface area (Å²) in [4.78, 5) is 7.65. The smallest absolute Gasteiger partial charge is 0.205 e. The molecule has 0 aliphatic rings. The summed E-state index contributed by atoms with van der Waals surface area (Å²) in [6.45, 7) is -0.0905. The Bertz CT molecular complexity index is 677. The Labute approximate surface area is 109 Å². The maximum absolute atomic E-state index is 13.8. The summed E-state index contributed by atoms with van der Waals surface area (Å²) < 4.78 is 46.6. The van der Waals surface area contributed by atoms with Gasteiger partial charge in [0.2, 0.25) is 6.20 Å². The van der Waals surface area contributed by atoms with E-state index in [4.69, 9.17) is 0 Å². The van der Waals surface area contributed by atoms with Crippen LogP contribution in [0.15, 0.2) is 37.1 Å². The molecule has 2 aromatic rings. The maximum Gasteiger partial charge on any atom is 0.205 e. The summed E-state index contributed by atoms with van der Waals surface area (Å²) in [7, 11) is -4.31. The summed E-state index contributed by atoms with van der Waals surface area (Å²) in [5.74, 6) is -1.13. The molecule has 100 valence electrons. The molecule has 19 heavy (non-hydrogen) atoms. The Balaban J connectivity index is 2.23. The van der Waals surface area contributed by atoms with Gasteiger partial charge in [-0.25, -0.2) is 23.0 Å². The molecular formula is C11H10FN3O3S. The Morgan fingerprint density at radius 2 is 2.16 bits per heavy atom. The molecule has 0 aromatic carbocycles. The van der Waals surface area contributed by atoms with E-state index >= 15 is 0 Å². The number of halogens is 1. The van der Waals surface area contributed by atoms with E-state index in [9.17, 15) is 17.4 Å². The van der Waals surface area contributed by atoms with E-state index in [2.05, 4.69) is 9.97 Å². The second-order valence-corrected chi connectivity index (χ2v) is 5.32. The molecule has 0 spiro atoms. The molecule has 0 atom stereocenters. The van der Waals surface area contributed by atoms with Crippen molar-refractivity contribution < 1.29 is 21.9 Å². The Hall–Kier alpha value is -1.93. The quantitative estimate of drug-likeness (QED) is 0.587. The highest BCUT2D eigenvalue weighted by Gasteiger charge is 2.12. The Morgan fingerprint density at radius 1 is 1.37 bits per heavy atom. The molecule has 0 N–H and O–H groups in total. The lowest BCUT2D eigenvalue weighted by Gasteiger charge is -2.04. The number of rotatable bonds is 4. The van der Waals surface area contributed by atoms with Gasteiger partial charge in [0.25, 0.3) is 0 Å². The van der Waals surface area contributed by atoms with Crippen LogP contribution in [-0.4, -0.2) is 28.7 Å². The van der Waals surface area contributed by atoms with Gasteiger partial charge in [-0.1, -0.05) is 0 Å². The van der Waals surface area contributed by atoms with Gasteiger partial charge in [-0.3, -0.25) is 0 Å². The van der Waals surface area contributed by atoms with Crippen molar-refractivity contribution in [1.82, 2.24) is 9.97 Å². The molecule has 6 nitrogen and oxygen atoms in total. The molecule has 0 amide bonds. The average Bonchev–Trinajstić information content (AvgIpc) is 2.37. The maximum atomic E-state index is 13.8. The molecule has 0 saturated heterocycles. The normalized spacial score (nSPS) is 11.5. The fourth-order valence-electron chi connectivity index (χ4n) is 1.52. The summed E-state index contributed by atoms with van der Waals surface area (Å²) in [5.41, 5.74) is 0.708. The van der Waals surface area contributed by atoms with Crippen molar-refractivity contribution in [3.8, 4) is 11.3 Å². The van der Waals surface area contributed by atoms with Gasteiger partial charge in [0.1, 0.15) is 16.4 Å². The van der Waals surface area contributed by atoms with Crippen LogP contribution in [-0.2, 0) is 16.7 Å². The highest BCUT2D eigenvalue weighted by molar-refractivity contribution is 7.85. The van der Waals surface area contributed by atoms with Gasteiger partial charge >= 0.3 is 0 Å². The highest BCUT2D eigenvalue weighted by atomic mass is 32.2. The van der Waals surface area contributed by atoms with Gasteiger partial charge in [0.05, 0.1) is 11.4 Å². The molecule has 0 radical (unpaired) electrons.